The van der Waals surface area contributed by atoms with Gasteiger partial charge in [0.05, 0.1) is 18.2 Å². The number of carbonyl (C=O) groups is 1. The van der Waals surface area contributed by atoms with Crippen molar-refractivity contribution in [2.75, 3.05) is 7.11 Å². The van der Waals surface area contributed by atoms with Crippen LogP contribution in [0.5, 0.6) is 11.5 Å². The number of hydrogen-bond donors (Lipinski definition) is 1. The molecule has 23 heavy (non-hydrogen) atoms. The van der Waals surface area contributed by atoms with Crippen LogP contribution in [0.4, 0.5) is 5.69 Å². The van der Waals surface area contributed by atoms with Crippen molar-refractivity contribution in [1.29, 1.82) is 0 Å². The van der Waals surface area contributed by atoms with Gasteiger partial charge in [-0.05, 0) is 29.8 Å². The highest BCUT2D eigenvalue weighted by Crippen LogP contribution is 2.20. The van der Waals surface area contributed by atoms with Gasteiger partial charge in [0.2, 0.25) is 0 Å². The van der Waals surface area contributed by atoms with Crippen LogP contribution in [0.1, 0.15) is 15.9 Å². The van der Waals surface area contributed by atoms with Crippen LogP contribution in [0.2, 0.25) is 0 Å². The molecular weight excluding hydrogens is 302 g/mol. The summed E-state index contributed by atoms with van der Waals surface area (Å²) >= 11 is 0. The van der Waals surface area contributed by atoms with Crippen molar-refractivity contribution in [3.8, 4) is 11.5 Å². The molecule has 0 radical (unpaired) electrons. The highest BCUT2D eigenvalue weighted by molar-refractivity contribution is 5.97. The molecular formula is C15H12N3O5-. The minimum absolute atomic E-state index is 0.339. The molecule has 1 amide bonds. The fraction of sp³-hybridized carbons (Fsp3) is 0.0667. The second-order valence-electron chi connectivity index (χ2n) is 4.41. The van der Waals surface area contributed by atoms with Crippen LogP contribution >= 0.6 is 0 Å². The number of nitro groups is 1. The number of amides is 1. The van der Waals surface area contributed by atoms with E-state index in [1.165, 1.54) is 6.21 Å². The van der Waals surface area contributed by atoms with Crippen LogP contribution in [0, 0.1) is 10.1 Å². The van der Waals surface area contributed by atoms with Gasteiger partial charge in [-0.3, -0.25) is 14.9 Å². The van der Waals surface area contributed by atoms with Crippen LogP contribution in [0.3, 0.4) is 0 Å². The molecule has 0 heterocycles. The number of nitro benzene ring substituents is 1. The molecule has 0 aliphatic heterocycles. The van der Waals surface area contributed by atoms with E-state index in [0.717, 1.165) is 18.2 Å². The number of hydrazone groups is 1. The Morgan fingerprint density at radius 2 is 1.96 bits per heavy atom. The second kappa shape index (κ2) is 7.03. The van der Waals surface area contributed by atoms with E-state index in [1.54, 1.807) is 31.4 Å². The molecule has 2 aromatic carbocycles. The molecule has 2 aromatic rings. The Morgan fingerprint density at radius 3 is 2.57 bits per heavy atom. The van der Waals surface area contributed by atoms with E-state index >= 15 is 0 Å². The van der Waals surface area contributed by atoms with E-state index in [9.17, 15) is 20.0 Å². The average molecular weight is 314 g/mol. The standard InChI is InChI=1S/C15H13N3O5/c1-23-12-5-2-10(3-6-12)9-16-17-15(20)13-8-11(18(21)22)4-7-14(13)19/h2-9,19H,1H3,(H,17,20)/p-1/b16-9-. The lowest BCUT2D eigenvalue weighted by Crippen LogP contribution is -2.19. The van der Waals surface area contributed by atoms with Crippen LogP contribution in [0.15, 0.2) is 47.6 Å². The molecule has 0 saturated heterocycles. The highest BCUT2D eigenvalue weighted by atomic mass is 16.6. The number of non-ortho nitro benzene ring substituents is 1. The Bertz CT molecular complexity index is 756. The van der Waals surface area contributed by atoms with Gasteiger partial charge in [-0.2, -0.15) is 5.10 Å². The lowest BCUT2D eigenvalue weighted by molar-refractivity contribution is -0.385. The van der Waals surface area contributed by atoms with Gasteiger partial charge in [-0.25, -0.2) is 5.43 Å². The predicted molar refractivity (Wildman–Crippen MR) is 80.6 cm³/mol. The van der Waals surface area contributed by atoms with Gasteiger partial charge in [0.1, 0.15) is 5.75 Å². The molecule has 0 aromatic heterocycles. The summed E-state index contributed by atoms with van der Waals surface area (Å²) in [5.41, 5.74) is 2.18. The molecule has 1 N–H and O–H groups in total. The Balaban J connectivity index is 2.08. The lowest BCUT2D eigenvalue weighted by Gasteiger charge is -2.10. The minimum atomic E-state index is -0.816. The zero-order valence-corrected chi connectivity index (χ0v) is 12.1. The fourth-order valence-electron chi connectivity index (χ4n) is 1.72. The van der Waals surface area contributed by atoms with E-state index in [0.29, 0.717) is 11.3 Å². The number of hydrogen-bond acceptors (Lipinski definition) is 6. The van der Waals surface area contributed by atoms with Crippen LogP contribution in [0.25, 0.3) is 0 Å². The second-order valence-corrected chi connectivity index (χ2v) is 4.41. The average Bonchev–Trinajstić information content (AvgIpc) is 2.55. The molecule has 0 unspecified atom stereocenters. The van der Waals surface area contributed by atoms with Crippen LogP contribution in [-0.2, 0) is 0 Å². The van der Waals surface area contributed by atoms with E-state index in [2.05, 4.69) is 10.5 Å². The smallest absolute Gasteiger partial charge is 0.270 e. The van der Waals surface area contributed by atoms with Crippen molar-refractivity contribution in [1.82, 2.24) is 5.43 Å². The van der Waals surface area contributed by atoms with E-state index < -0.39 is 16.6 Å². The zero-order valence-electron chi connectivity index (χ0n) is 12.1. The van der Waals surface area contributed by atoms with Gasteiger partial charge in [0.15, 0.2) is 0 Å². The van der Waals surface area contributed by atoms with Crippen molar-refractivity contribution >= 4 is 17.8 Å². The molecule has 0 atom stereocenters. The summed E-state index contributed by atoms with van der Waals surface area (Å²) in [4.78, 5) is 21.9. The van der Waals surface area contributed by atoms with Gasteiger partial charge in [0, 0.05) is 17.7 Å². The summed E-state index contributed by atoms with van der Waals surface area (Å²) in [7, 11) is 1.54. The molecule has 0 spiro atoms. The van der Waals surface area contributed by atoms with Crippen LogP contribution < -0.4 is 15.3 Å². The number of carbonyl (C=O) groups excluding carboxylic acids is 1. The normalized spacial score (nSPS) is 10.5. The van der Waals surface area contributed by atoms with Gasteiger partial charge in [-0.15, -0.1) is 0 Å². The summed E-state index contributed by atoms with van der Waals surface area (Å²) < 4.78 is 5.01. The van der Waals surface area contributed by atoms with Crippen molar-refractivity contribution < 1.29 is 19.6 Å². The summed E-state index contributed by atoms with van der Waals surface area (Å²) in [6.07, 6.45) is 1.37. The number of rotatable bonds is 5. The Kier molecular flexibility index (Phi) is 4.88. The molecule has 0 saturated carbocycles. The number of benzene rings is 2. The summed E-state index contributed by atoms with van der Waals surface area (Å²) in [5.74, 6) is -0.755. The third-order valence-corrected chi connectivity index (χ3v) is 2.91. The molecule has 8 nitrogen and oxygen atoms in total. The van der Waals surface area contributed by atoms with Gasteiger partial charge < -0.3 is 9.84 Å². The molecule has 8 heteroatoms. The Hall–Kier alpha value is -3.42. The van der Waals surface area contributed by atoms with Crippen molar-refractivity contribution in [3.63, 3.8) is 0 Å². The molecule has 118 valence electrons. The van der Waals surface area contributed by atoms with E-state index in [4.69, 9.17) is 4.74 Å². The molecule has 0 aliphatic carbocycles. The van der Waals surface area contributed by atoms with E-state index in [-0.39, 0.29) is 11.3 Å². The fourth-order valence-corrected chi connectivity index (χ4v) is 1.72. The van der Waals surface area contributed by atoms with E-state index in [1.807, 2.05) is 0 Å². The summed E-state index contributed by atoms with van der Waals surface area (Å²) in [6.45, 7) is 0. The highest BCUT2D eigenvalue weighted by Gasteiger charge is 2.12. The first kappa shape index (κ1) is 16.0. The SMILES string of the molecule is COc1ccc(/C=N\NC(=O)c2cc([N+](=O)[O-])ccc2[O-])cc1. The molecule has 2 rings (SSSR count). The first-order chi connectivity index (χ1) is 11.0. The summed E-state index contributed by atoms with van der Waals surface area (Å²) in [6, 6.07) is 9.82. The number of nitrogens with one attached hydrogen (secondary N) is 1. The third-order valence-electron chi connectivity index (χ3n) is 2.91. The predicted octanol–water partition coefficient (Wildman–Crippen LogP) is 1.44. The molecule has 0 fully saturated rings. The first-order valence-electron chi connectivity index (χ1n) is 6.44. The molecule has 0 bridgehead atoms. The number of nitrogens with zero attached hydrogens (tertiary/aromatic N) is 2. The monoisotopic (exact) mass is 314 g/mol. The topological polar surface area (TPSA) is 117 Å². The largest absolute Gasteiger partial charge is 0.872 e. The lowest BCUT2D eigenvalue weighted by atomic mass is 10.1. The maximum Gasteiger partial charge on any atom is 0.270 e. The maximum atomic E-state index is 11.9. The van der Waals surface area contributed by atoms with Crippen molar-refractivity contribution in [2.45, 2.75) is 0 Å². The van der Waals surface area contributed by atoms with Crippen molar-refractivity contribution in [3.05, 3.63) is 63.7 Å². The van der Waals surface area contributed by atoms with Gasteiger partial charge >= 0.3 is 0 Å². The minimum Gasteiger partial charge on any atom is -0.872 e. The maximum absolute atomic E-state index is 11.9. The third kappa shape index (κ3) is 4.03. The van der Waals surface area contributed by atoms with Gasteiger partial charge in [-0.1, -0.05) is 11.8 Å². The van der Waals surface area contributed by atoms with Crippen molar-refractivity contribution in [2.24, 2.45) is 5.10 Å². The first-order valence-corrected chi connectivity index (χ1v) is 6.44. The summed E-state index contributed by atoms with van der Waals surface area (Å²) in [5, 5.41) is 26.0. The Labute approximate surface area is 131 Å². The van der Waals surface area contributed by atoms with Gasteiger partial charge in [0.25, 0.3) is 11.6 Å². The van der Waals surface area contributed by atoms with Crippen LogP contribution in [-0.4, -0.2) is 24.2 Å². The number of methoxy groups -OCH3 is 1. The molecule has 0 aliphatic rings. The number of ether oxygens (including phenoxy) is 1. The quantitative estimate of drug-likeness (QED) is 0.509. The Morgan fingerprint density at radius 1 is 1.26 bits per heavy atom. The zero-order chi connectivity index (χ0) is 16.8.